The summed E-state index contributed by atoms with van der Waals surface area (Å²) in [5, 5.41) is 15.0. The van der Waals surface area contributed by atoms with Crippen molar-refractivity contribution < 1.29 is 14.7 Å². The number of aliphatic carboxylic acids is 1. The van der Waals surface area contributed by atoms with Crippen LogP contribution in [0.3, 0.4) is 0 Å². The van der Waals surface area contributed by atoms with Gasteiger partial charge in [-0.2, -0.15) is 0 Å². The quantitative estimate of drug-likeness (QED) is 0.635. The Morgan fingerprint density at radius 2 is 2.00 bits per heavy atom. The van der Waals surface area contributed by atoms with Gasteiger partial charge in [0.05, 0.1) is 6.54 Å². The van der Waals surface area contributed by atoms with Gasteiger partial charge >= 0.3 is 12.0 Å². The lowest BCUT2D eigenvalue weighted by molar-refractivity contribution is -0.139. The van der Waals surface area contributed by atoms with E-state index >= 15 is 0 Å². The van der Waals surface area contributed by atoms with E-state index in [1.165, 1.54) is 5.69 Å². The van der Waals surface area contributed by atoms with E-state index in [-0.39, 0.29) is 24.7 Å². The van der Waals surface area contributed by atoms with E-state index in [1.807, 2.05) is 17.9 Å². The molecule has 1 aliphatic carbocycles. The number of piperidine rings is 1. The molecule has 0 spiro atoms. The van der Waals surface area contributed by atoms with Gasteiger partial charge in [-0.25, -0.2) is 4.79 Å². The fraction of sp³-hybridized carbons (Fsp3) is 0.619. The van der Waals surface area contributed by atoms with Crippen LogP contribution in [0.15, 0.2) is 30.3 Å². The van der Waals surface area contributed by atoms with Gasteiger partial charge in [0, 0.05) is 37.4 Å². The van der Waals surface area contributed by atoms with Crippen molar-refractivity contribution in [3.05, 3.63) is 30.3 Å². The van der Waals surface area contributed by atoms with Crippen molar-refractivity contribution in [2.45, 2.75) is 44.7 Å². The number of carbonyl (C=O) groups excluding carboxylic acids is 1. The Kier molecular flexibility index (Phi) is 7.14. The van der Waals surface area contributed by atoms with Crippen molar-refractivity contribution in [1.82, 2.24) is 15.5 Å². The molecule has 1 saturated heterocycles. The summed E-state index contributed by atoms with van der Waals surface area (Å²) in [6.45, 7) is 5.48. The number of anilines is 1. The van der Waals surface area contributed by atoms with Crippen LogP contribution < -0.4 is 15.5 Å². The number of urea groups is 1. The molecule has 3 rings (SSSR count). The van der Waals surface area contributed by atoms with Crippen LogP contribution in [0.1, 0.15) is 32.6 Å². The van der Waals surface area contributed by atoms with Gasteiger partial charge in [-0.3, -0.25) is 9.69 Å². The van der Waals surface area contributed by atoms with Crippen molar-refractivity contribution in [1.29, 1.82) is 0 Å². The summed E-state index contributed by atoms with van der Waals surface area (Å²) in [5.41, 5.74) is 1.25. The minimum Gasteiger partial charge on any atom is -0.480 e. The molecule has 1 atom stereocenters. The number of carboxylic acids is 1. The first-order valence-electron chi connectivity index (χ1n) is 10.3. The van der Waals surface area contributed by atoms with E-state index in [0.29, 0.717) is 12.5 Å². The molecule has 0 bridgehead atoms. The molecule has 154 valence electrons. The Labute approximate surface area is 167 Å². The summed E-state index contributed by atoms with van der Waals surface area (Å²) in [5.74, 6) is -0.340. The van der Waals surface area contributed by atoms with Gasteiger partial charge in [0.2, 0.25) is 0 Å². The summed E-state index contributed by atoms with van der Waals surface area (Å²) in [7, 11) is 0. The number of likely N-dealkylation sites (N-methyl/N-ethyl adjacent to an activating group) is 1. The summed E-state index contributed by atoms with van der Waals surface area (Å²) >= 11 is 0. The van der Waals surface area contributed by atoms with Crippen LogP contribution >= 0.6 is 0 Å². The standard InChI is InChI=1S/C21H32N4O3/c1-2-24(15-20(26)27)19-11-17(12-19)23-21(28)22-13-16-7-6-10-25(14-16)18-8-4-3-5-9-18/h3-5,8-9,16-17,19H,2,6-7,10-15H2,1H3,(H,26,27)(H2,22,23,28). The van der Waals surface area contributed by atoms with E-state index < -0.39 is 5.97 Å². The fourth-order valence-electron chi connectivity index (χ4n) is 4.26. The zero-order valence-electron chi connectivity index (χ0n) is 16.6. The van der Waals surface area contributed by atoms with Gasteiger partial charge in [-0.1, -0.05) is 25.1 Å². The number of rotatable bonds is 8. The average molecular weight is 389 g/mol. The predicted octanol–water partition coefficient (Wildman–Crippen LogP) is 2.14. The summed E-state index contributed by atoms with van der Waals surface area (Å²) in [6.07, 6.45) is 3.92. The first-order chi connectivity index (χ1) is 13.5. The number of hydrogen-bond donors (Lipinski definition) is 3. The van der Waals surface area contributed by atoms with E-state index in [1.54, 1.807) is 0 Å². The second kappa shape index (κ2) is 9.78. The lowest BCUT2D eigenvalue weighted by Crippen LogP contribution is -2.56. The first kappa shape index (κ1) is 20.5. The minimum absolute atomic E-state index is 0.0691. The maximum Gasteiger partial charge on any atom is 0.317 e. The molecule has 0 radical (unpaired) electrons. The van der Waals surface area contributed by atoms with Gasteiger partial charge in [-0.05, 0) is 50.3 Å². The van der Waals surface area contributed by atoms with Crippen LogP contribution in [0.5, 0.6) is 0 Å². The molecule has 3 N–H and O–H groups in total. The van der Waals surface area contributed by atoms with E-state index in [2.05, 4.69) is 39.8 Å². The number of benzene rings is 1. The Bertz CT molecular complexity index is 648. The average Bonchev–Trinajstić information content (AvgIpc) is 2.68. The van der Waals surface area contributed by atoms with Crippen molar-refractivity contribution >= 4 is 17.7 Å². The lowest BCUT2D eigenvalue weighted by Gasteiger charge is -2.42. The summed E-state index contributed by atoms with van der Waals surface area (Å²) in [6, 6.07) is 10.7. The van der Waals surface area contributed by atoms with E-state index in [9.17, 15) is 9.59 Å². The molecular weight excluding hydrogens is 356 g/mol. The third kappa shape index (κ3) is 5.61. The molecule has 1 aromatic rings. The maximum atomic E-state index is 12.2. The number of para-hydroxylation sites is 1. The van der Waals surface area contributed by atoms with Crippen LogP contribution in [0.25, 0.3) is 0 Å². The third-order valence-corrected chi connectivity index (χ3v) is 5.90. The van der Waals surface area contributed by atoms with Gasteiger partial charge in [0.1, 0.15) is 0 Å². The molecule has 2 amide bonds. The highest BCUT2D eigenvalue weighted by Gasteiger charge is 2.34. The largest absolute Gasteiger partial charge is 0.480 e. The van der Waals surface area contributed by atoms with Gasteiger partial charge in [0.15, 0.2) is 0 Å². The maximum absolute atomic E-state index is 12.2. The molecule has 28 heavy (non-hydrogen) atoms. The number of carboxylic acid groups (broad SMARTS) is 1. The molecule has 1 saturated carbocycles. The summed E-state index contributed by atoms with van der Waals surface area (Å²) in [4.78, 5) is 27.5. The Balaban J connectivity index is 1.35. The highest BCUT2D eigenvalue weighted by atomic mass is 16.4. The van der Waals surface area contributed by atoms with E-state index in [4.69, 9.17) is 5.11 Å². The molecule has 1 unspecified atom stereocenters. The highest BCUT2D eigenvalue weighted by Crippen LogP contribution is 2.26. The monoisotopic (exact) mass is 388 g/mol. The zero-order valence-corrected chi connectivity index (χ0v) is 16.6. The van der Waals surface area contributed by atoms with E-state index in [0.717, 1.165) is 45.3 Å². The molecule has 1 aliphatic heterocycles. The number of carbonyl (C=O) groups is 2. The van der Waals surface area contributed by atoms with Crippen LogP contribution in [-0.2, 0) is 4.79 Å². The van der Waals surface area contributed by atoms with Gasteiger partial charge in [0.25, 0.3) is 0 Å². The van der Waals surface area contributed by atoms with Crippen molar-refractivity contribution in [2.75, 3.05) is 37.6 Å². The molecule has 2 aliphatic rings. The lowest BCUT2D eigenvalue weighted by atomic mass is 9.85. The number of hydrogen-bond acceptors (Lipinski definition) is 4. The first-order valence-corrected chi connectivity index (χ1v) is 10.3. The van der Waals surface area contributed by atoms with Crippen LogP contribution in [0, 0.1) is 5.92 Å². The predicted molar refractivity (Wildman–Crippen MR) is 110 cm³/mol. The molecule has 1 aromatic carbocycles. The third-order valence-electron chi connectivity index (χ3n) is 5.90. The van der Waals surface area contributed by atoms with Gasteiger partial charge in [-0.15, -0.1) is 0 Å². The molecule has 7 nitrogen and oxygen atoms in total. The van der Waals surface area contributed by atoms with Crippen molar-refractivity contribution in [3.63, 3.8) is 0 Å². The molecule has 0 aromatic heterocycles. The van der Waals surface area contributed by atoms with Crippen LogP contribution in [-0.4, -0.2) is 66.8 Å². The number of nitrogens with zero attached hydrogens (tertiary/aromatic N) is 2. The summed E-state index contributed by atoms with van der Waals surface area (Å²) < 4.78 is 0. The Morgan fingerprint density at radius 1 is 1.25 bits per heavy atom. The Morgan fingerprint density at radius 3 is 2.68 bits per heavy atom. The second-order valence-electron chi connectivity index (χ2n) is 7.92. The molecule has 7 heteroatoms. The molecule has 1 heterocycles. The van der Waals surface area contributed by atoms with Crippen molar-refractivity contribution in [2.24, 2.45) is 5.92 Å². The number of amides is 2. The van der Waals surface area contributed by atoms with Gasteiger partial charge < -0.3 is 20.6 Å². The smallest absolute Gasteiger partial charge is 0.317 e. The topological polar surface area (TPSA) is 84.9 Å². The number of nitrogens with one attached hydrogen (secondary N) is 2. The SMILES string of the molecule is CCN(CC(=O)O)C1CC(NC(=O)NCC2CCCN(c3ccccc3)C2)C1. The molecule has 2 fully saturated rings. The Hall–Kier alpha value is -2.28. The van der Waals surface area contributed by atoms with Crippen molar-refractivity contribution in [3.8, 4) is 0 Å². The fourth-order valence-corrected chi connectivity index (χ4v) is 4.26. The highest BCUT2D eigenvalue weighted by molar-refractivity contribution is 5.74. The molecular formula is C21H32N4O3. The zero-order chi connectivity index (χ0) is 19.9. The van der Waals surface area contributed by atoms with Crippen LogP contribution in [0.2, 0.25) is 0 Å². The normalized spacial score (nSPS) is 24.5. The second-order valence-corrected chi connectivity index (χ2v) is 7.92. The van der Waals surface area contributed by atoms with Crippen LogP contribution in [0.4, 0.5) is 10.5 Å². The minimum atomic E-state index is -0.798.